The van der Waals surface area contributed by atoms with Crippen LogP contribution < -0.4 is 9.47 Å². The summed E-state index contributed by atoms with van der Waals surface area (Å²) in [6, 6.07) is 5.19. The van der Waals surface area contributed by atoms with Gasteiger partial charge in [0.15, 0.2) is 11.5 Å². The number of hydrogen-bond donors (Lipinski definition) is 0. The smallest absolute Gasteiger partial charge is 0.243 e. The van der Waals surface area contributed by atoms with E-state index in [0.717, 1.165) is 0 Å². The lowest BCUT2D eigenvalue weighted by molar-refractivity contribution is -0.422. The van der Waals surface area contributed by atoms with Gasteiger partial charge in [0, 0.05) is 13.0 Å². The van der Waals surface area contributed by atoms with Crippen LogP contribution in [0.5, 0.6) is 11.5 Å². The zero-order valence-electron chi connectivity index (χ0n) is 10.1. The van der Waals surface area contributed by atoms with Crippen LogP contribution in [-0.2, 0) is 0 Å². The topological polar surface area (TPSA) is 61.6 Å². The molecule has 92 valence electrons. The highest BCUT2D eigenvalue weighted by atomic mass is 16.6. The molecule has 17 heavy (non-hydrogen) atoms. The van der Waals surface area contributed by atoms with Gasteiger partial charge in [0.05, 0.1) is 18.6 Å². The quantitative estimate of drug-likeness (QED) is 0.583. The fraction of sp³-hybridized carbons (Fsp3) is 0.333. The Morgan fingerprint density at radius 1 is 1.47 bits per heavy atom. The minimum atomic E-state index is -0.428. The fourth-order valence-electron chi connectivity index (χ4n) is 1.34. The first-order valence-electron chi connectivity index (χ1n) is 5.22. The molecule has 0 bridgehead atoms. The average Bonchev–Trinajstić information content (AvgIpc) is 2.31. The van der Waals surface area contributed by atoms with Crippen LogP contribution in [0.2, 0.25) is 0 Å². The van der Waals surface area contributed by atoms with Crippen LogP contribution in [0.25, 0.3) is 6.08 Å². The lowest BCUT2D eigenvalue weighted by Crippen LogP contribution is -1.96. The molecule has 1 rings (SSSR count). The molecule has 0 aliphatic carbocycles. The molecule has 0 aliphatic rings. The fourth-order valence-corrected chi connectivity index (χ4v) is 1.34. The van der Waals surface area contributed by atoms with E-state index in [1.165, 1.54) is 20.1 Å². The summed E-state index contributed by atoms with van der Waals surface area (Å²) in [5.41, 5.74) is 0.788. The number of methoxy groups -OCH3 is 1. The number of nitro groups is 1. The maximum atomic E-state index is 10.5. The first kappa shape index (κ1) is 13.0. The van der Waals surface area contributed by atoms with E-state index in [1.807, 2.05) is 6.92 Å². The number of rotatable bonds is 5. The van der Waals surface area contributed by atoms with Crippen molar-refractivity contribution in [3.63, 3.8) is 0 Å². The van der Waals surface area contributed by atoms with E-state index in [9.17, 15) is 10.1 Å². The number of allylic oxidation sites excluding steroid dienone is 1. The lowest BCUT2D eigenvalue weighted by atomic mass is 10.1. The summed E-state index contributed by atoms with van der Waals surface area (Å²) in [6.07, 6.45) is 1.48. The molecule has 0 atom stereocenters. The van der Waals surface area contributed by atoms with E-state index >= 15 is 0 Å². The second-order valence-electron chi connectivity index (χ2n) is 3.39. The van der Waals surface area contributed by atoms with Gasteiger partial charge in [-0.2, -0.15) is 0 Å². The molecule has 0 spiro atoms. The monoisotopic (exact) mass is 237 g/mol. The van der Waals surface area contributed by atoms with Crippen molar-refractivity contribution in [1.82, 2.24) is 0 Å². The highest BCUT2D eigenvalue weighted by Crippen LogP contribution is 2.28. The third kappa shape index (κ3) is 3.48. The van der Waals surface area contributed by atoms with Crippen molar-refractivity contribution in [2.45, 2.75) is 13.8 Å². The van der Waals surface area contributed by atoms with E-state index in [-0.39, 0.29) is 5.70 Å². The molecule has 0 aromatic heterocycles. The number of nitrogens with zero attached hydrogens (tertiary/aromatic N) is 1. The molecule has 0 amide bonds. The van der Waals surface area contributed by atoms with Gasteiger partial charge in [0.2, 0.25) is 5.70 Å². The molecule has 5 nitrogen and oxygen atoms in total. The summed E-state index contributed by atoms with van der Waals surface area (Å²) in [6.45, 7) is 3.87. The molecule has 5 heteroatoms. The van der Waals surface area contributed by atoms with Crippen LogP contribution in [0.3, 0.4) is 0 Å². The molecule has 0 heterocycles. The summed E-state index contributed by atoms with van der Waals surface area (Å²) in [4.78, 5) is 10.1. The molecule has 0 radical (unpaired) electrons. The zero-order chi connectivity index (χ0) is 12.8. The predicted octanol–water partition coefficient (Wildman–Crippen LogP) is 2.73. The first-order valence-corrected chi connectivity index (χ1v) is 5.22. The van der Waals surface area contributed by atoms with E-state index < -0.39 is 4.92 Å². The van der Waals surface area contributed by atoms with Crippen LogP contribution in [0.15, 0.2) is 23.9 Å². The number of benzene rings is 1. The Kier molecular flexibility index (Phi) is 4.51. The third-order valence-electron chi connectivity index (χ3n) is 2.15. The maximum Gasteiger partial charge on any atom is 0.243 e. The Morgan fingerprint density at radius 2 is 2.18 bits per heavy atom. The summed E-state index contributed by atoms with van der Waals surface area (Å²) >= 11 is 0. The van der Waals surface area contributed by atoms with Crippen LogP contribution in [0, 0.1) is 10.1 Å². The molecule has 0 fully saturated rings. The number of hydrogen-bond acceptors (Lipinski definition) is 4. The van der Waals surface area contributed by atoms with Crippen LogP contribution >= 0.6 is 0 Å². The average molecular weight is 237 g/mol. The molecule has 0 saturated carbocycles. The van der Waals surface area contributed by atoms with Crippen molar-refractivity contribution in [2.75, 3.05) is 13.7 Å². The van der Waals surface area contributed by atoms with Crippen LogP contribution in [0.1, 0.15) is 19.4 Å². The standard InChI is InChI=1S/C12H15NO4/c1-4-17-11-6-5-10(8-12(11)16-3)7-9(2)13(14)15/h5-8H,4H2,1-3H3/b9-7-. The third-order valence-corrected chi connectivity index (χ3v) is 2.15. The van der Waals surface area contributed by atoms with Crippen molar-refractivity contribution in [3.8, 4) is 11.5 Å². The van der Waals surface area contributed by atoms with Gasteiger partial charge in [-0.15, -0.1) is 0 Å². The van der Waals surface area contributed by atoms with Gasteiger partial charge in [0.1, 0.15) is 0 Å². The SMILES string of the molecule is CCOc1ccc(/C=C(/C)[N+](=O)[O-])cc1OC. The zero-order valence-corrected chi connectivity index (χ0v) is 10.1. The molecule has 0 aliphatic heterocycles. The lowest BCUT2D eigenvalue weighted by Gasteiger charge is -2.09. The molecule has 0 N–H and O–H groups in total. The van der Waals surface area contributed by atoms with Crippen LogP contribution in [-0.4, -0.2) is 18.6 Å². The van der Waals surface area contributed by atoms with Crippen molar-refractivity contribution < 1.29 is 14.4 Å². The molecule has 1 aromatic carbocycles. The van der Waals surface area contributed by atoms with Gasteiger partial charge in [-0.25, -0.2) is 0 Å². The van der Waals surface area contributed by atoms with E-state index in [0.29, 0.717) is 23.7 Å². The number of ether oxygens (including phenoxy) is 2. The van der Waals surface area contributed by atoms with Crippen LogP contribution in [0.4, 0.5) is 0 Å². The van der Waals surface area contributed by atoms with Crippen molar-refractivity contribution in [3.05, 3.63) is 39.6 Å². The highest BCUT2D eigenvalue weighted by molar-refractivity contribution is 5.56. The Balaban J connectivity index is 3.05. The second-order valence-corrected chi connectivity index (χ2v) is 3.39. The summed E-state index contributed by atoms with van der Waals surface area (Å²) in [7, 11) is 1.53. The molecular formula is C12H15NO4. The highest BCUT2D eigenvalue weighted by Gasteiger charge is 2.07. The van der Waals surface area contributed by atoms with Gasteiger partial charge in [-0.3, -0.25) is 10.1 Å². The molecule has 0 saturated heterocycles. The minimum Gasteiger partial charge on any atom is -0.493 e. The molecular weight excluding hydrogens is 222 g/mol. The van der Waals surface area contributed by atoms with Crippen molar-refractivity contribution in [1.29, 1.82) is 0 Å². The summed E-state index contributed by atoms with van der Waals surface area (Å²) < 4.78 is 10.5. The Labute approximate surface area is 99.8 Å². The summed E-state index contributed by atoms with van der Waals surface area (Å²) in [5, 5.41) is 10.5. The van der Waals surface area contributed by atoms with Gasteiger partial charge in [-0.05, 0) is 24.6 Å². The van der Waals surface area contributed by atoms with Crippen molar-refractivity contribution in [2.24, 2.45) is 0 Å². The normalized spacial score (nSPS) is 11.1. The van der Waals surface area contributed by atoms with Crippen molar-refractivity contribution >= 4 is 6.08 Å². The maximum absolute atomic E-state index is 10.5. The Morgan fingerprint density at radius 3 is 2.71 bits per heavy atom. The second kappa shape index (κ2) is 5.89. The van der Waals surface area contributed by atoms with Gasteiger partial charge >= 0.3 is 0 Å². The van der Waals surface area contributed by atoms with E-state index in [4.69, 9.17) is 9.47 Å². The van der Waals surface area contributed by atoms with Gasteiger partial charge in [0.25, 0.3) is 0 Å². The molecule has 1 aromatic rings. The Hall–Kier alpha value is -2.04. The minimum absolute atomic E-state index is 0.0798. The molecule has 0 unspecified atom stereocenters. The first-order chi connectivity index (χ1) is 8.08. The summed E-state index contributed by atoms with van der Waals surface area (Å²) in [5.74, 6) is 1.20. The largest absolute Gasteiger partial charge is 0.493 e. The Bertz CT molecular complexity index is 440. The van der Waals surface area contributed by atoms with E-state index in [2.05, 4.69) is 0 Å². The van der Waals surface area contributed by atoms with E-state index in [1.54, 1.807) is 18.2 Å². The van der Waals surface area contributed by atoms with Gasteiger partial charge in [-0.1, -0.05) is 6.07 Å². The van der Waals surface area contributed by atoms with Gasteiger partial charge < -0.3 is 9.47 Å². The predicted molar refractivity (Wildman–Crippen MR) is 64.8 cm³/mol.